The Morgan fingerprint density at radius 1 is 1.07 bits per heavy atom. The molecule has 0 fully saturated rings. The average Bonchev–Trinajstić information content (AvgIpc) is 2.66. The molecule has 6 heteroatoms. The van der Waals surface area contributed by atoms with Crippen molar-refractivity contribution in [1.82, 2.24) is 9.97 Å². The molecule has 0 amide bonds. The molecule has 1 aliphatic heterocycles. The molecule has 2 heterocycles. The molecule has 2 aliphatic rings. The molecule has 0 unspecified atom stereocenters. The zero-order chi connectivity index (χ0) is 20.7. The molecule has 2 N–H and O–H groups in total. The number of carbonyl (C=O) groups excluding carboxylic acids is 1. The molecule has 0 radical (unpaired) electrons. The third-order valence-corrected chi connectivity index (χ3v) is 6.41. The highest BCUT2D eigenvalue weighted by Crippen LogP contribution is 2.43. The van der Waals surface area contributed by atoms with E-state index in [1.54, 1.807) is 0 Å². The Kier molecular flexibility index (Phi) is 5.38. The van der Waals surface area contributed by atoms with E-state index in [9.17, 15) is 9.59 Å². The summed E-state index contributed by atoms with van der Waals surface area (Å²) in [5.41, 5.74) is 4.24. The van der Waals surface area contributed by atoms with Crippen molar-refractivity contribution in [2.24, 2.45) is 0 Å². The third kappa shape index (κ3) is 3.78. The highest BCUT2D eigenvalue weighted by Gasteiger charge is 2.37. The van der Waals surface area contributed by atoms with Crippen molar-refractivity contribution in [3.63, 3.8) is 0 Å². The van der Waals surface area contributed by atoms with Crippen LogP contribution in [-0.4, -0.2) is 21.0 Å². The van der Waals surface area contributed by atoms with Crippen LogP contribution in [0.2, 0.25) is 0 Å². The van der Waals surface area contributed by atoms with Gasteiger partial charge < -0.3 is 10.3 Å². The molecule has 5 nitrogen and oxygen atoms in total. The van der Waals surface area contributed by atoms with Gasteiger partial charge in [0, 0.05) is 28.9 Å². The number of H-pyrrole nitrogens is 1. The molecular weight excluding hydrogens is 382 g/mol. The fourth-order valence-corrected chi connectivity index (χ4v) is 4.87. The van der Waals surface area contributed by atoms with Crippen molar-refractivity contribution < 1.29 is 4.79 Å². The van der Waals surface area contributed by atoms with E-state index in [0.29, 0.717) is 34.1 Å². The number of fused-ring (bicyclic) bond motifs is 1. The molecule has 1 atom stereocenters. The van der Waals surface area contributed by atoms with E-state index < -0.39 is 0 Å². The number of aromatic nitrogens is 2. The van der Waals surface area contributed by atoms with Crippen LogP contribution < -0.4 is 10.9 Å². The van der Waals surface area contributed by atoms with Crippen LogP contribution in [0.4, 0.5) is 5.82 Å². The van der Waals surface area contributed by atoms with Gasteiger partial charge in [-0.05, 0) is 29.9 Å². The monoisotopic (exact) mass is 409 g/mol. The number of Topliss-reactive ketones (excluding diaryl/α,β-unsaturated/α-hetero) is 1. The van der Waals surface area contributed by atoms with Crippen LogP contribution in [0.1, 0.15) is 75.5 Å². The molecule has 0 saturated heterocycles. The predicted octanol–water partition coefficient (Wildman–Crippen LogP) is 4.96. The van der Waals surface area contributed by atoms with Gasteiger partial charge in [0.25, 0.3) is 5.56 Å². The number of hydrogen-bond acceptors (Lipinski definition) is 5. The largest absolute Gasteiger partial charge is 0.343 e. The Labute approximate surface area is 175 Å². The van der Waals surface area contributed by atoms with E-state index in [1.165, 1.54) is 17.3 Å². The molecule has 152 valence electrons. The van der Waals surface area contributed by atoms with Gasteiger partial charge in [-0.1, -0.05) is 63.7 Å². The van der Waals surface area contributed by atoms with E-state index in [1.807, 2.05) is 0 Å². The number of nitrogens with one attached hydrogen (secondary N) is 2. The Balaban J connectivity index is 1.88. The Bertz CT molecular complexity index is 1040. The van der Waals surface area contributed by atoms with Crippen LogP contribution in [0.3, 0.4) is 0 Å². The summed E-state index contributed by atoms with van der Waals surface area (Å²) in [5.74, 6) is 0.770. The first-order chi connectivity index (χ1) is 13.8. The lowest BCUT2D eigenvalue weighted by atomic mass is 9.76. The minimum absolute atomic E-state index is 0.127. The van der Waals surface area contributed by atoms with Crippen LogP contribution in [0, 0.1) is 0 Å². The van der Waals surface area contributed by atoms with E-state index in [2.05, 4.69) is 62.3 Å². The van der Waals surface area contributed by atoms with Gasteiger partial charge in [0.2, 0.25) is 0 Å². The van der Waals surface area contributed by atoms with E-state index >= 15 is 0 Å². The van der Waals surface area contributed by atoms with Crippen molar-refractivity contribution >= 4 is 23.4 Å². The van der Waals surface area contributed by atoms with E-state index in [-0.39, 0.29) is 17.3 Å². The summed E-state index contributed by atoms with van der Waals surface area (Å²) in [5, 5.41) is 4.25. The number of benzene rings is 1. The lowest BCUT2D eigenvalue weighted by Gasteiger charge is -2.33. The second-order valence-electron chi connectivity index (χ2n) is 8.35. The number of allylic oxidation sites excluding steroid dienone is 2. The fourth-order valence-electron chi connectivity index (χ4n) is 4.13. The smallest absolute Gasteiger partial charge is 0.257 e. The van der Waals surface area contributed by atoms with Gasteiger partial charge in [0.05, 0.1) is 5.56 Å². The van der Waals surface area contributed by atoms with Crippen LogP contribution >= 0.6 is 11.8 Å². The van der Waals surface area contributed by atoms with Gasteiger partial charge >= 0.3 is 0 Å². The van der Waals surface area contributed by atoms with Gasteiger partial charge in [0.1, 0.15) is 5.82 Å². The highest BCUT2D eigenvalue weighted by atomic mass is 32.2. The van der Waals surface area contributed by atoms with Crippen LogP contribution in [0.5, 0.6) is 0 Å². The van der Waals surface area contributed by atoms with Crippen molar-refractivity contribution in [1.29, 1.82) is 0 Å². The molecule has 1 aromatic carbocycles. The van der Waals surface area contributed by atoms with Gasteiger partial charge in [0.15, 0.2) is 10.9 Å². The zero-order valence-electron chi connectivity index (χ0n) is 17.3. The molecular formula is C23H27N3O2S. The normalized spacial score (nSPS) is 18.7. The number of ketones is 1. The maximum atomic E-state index is 13.1. The SMILES string of the molecule is CC(C)Sc1nc2c(c(=O)[nH]1)[C@H](c1ccc(C(C)C)cc1)C1=C(CCCC1=O)N2. The van der Waals surface area contributed by atoms with Gasteiger partial charge in [-0.2, -0.15) is 0 Å². The maximum absolute atomic E-state index is 13.1. The number of anilines is 1. The summed E-state index contributed by atoms with van der Waals surface area (Å²) in [7, 11) is 0. The van der Waals surface area contributed by atoms with Crippen molar-refractivity contribution in [2.75, 3.05) is 5.32 Å². The molecule has 0 bridgehead atoms. The van der Waals surface area contributed by atoms with Gasteiger partial charge in [-0.15, -0.1) is 0 Å². The summed E-state index contributed by atoms with van der Waals surface area (Å²) < 4.78 is 0. The van der Waals surface area contributed by atoms with Crippen molar-refractivity contribution in [3.05, 3.63) is 62.6 Å². The van der Waals surface area contributed by atoms with Crippen LogP contribution in [0.15, 0.2) is 45.5 Å². The van der Waals surface area contributed by atoms with Gasteiger partial charge in [-0.25, -0.2) is 4.98 Å². The lowest BCUT2D eigenvalue weighted by molar-refractivity contribution is -0.116. The summed E-state index contributed by atoms with van der Waals surface area (Å²) in [6.07, 6.45) is 2.17. The number of thioether (sulfide) groups is 1. The van der Waals surface area contributed by atoms with Crippen molar-refractivity contribution in [2.45, 2.75) is 69.2 Å². The molecule has 1 aliphatic carbocycles. The standard InChI is InChI=1S/C23H27N3O2S/c1-12(2)14-8-10-15(11-9-14)18-19-16(6-5-7-17(19)27)24-21-20(18)22(28)26-23(25-21)29-13(3)4/h8-13,18H,5-7H2,1-4H3,(H2,24,25,26,28)/t18-/m1/s1. The Hall–Kier alpha value is -2.34. The summed E-state index contributed by atoms with van der Waals surface area (Å²) >= 11 is 1.53. The molecule has 4 rings (SSSR count). The molecule has 0 saturated carbocycles. The number of carbonyl (C=O) groups is 1. The average molecular weight is 410 g/mol. The lowest BCUT2D eigenvalue weighted by Crippen LogP contribution is -2.32. The first kappa shape index (κ1) is 20.0. The quantitative estimate of drug-likeness (QED) is 0.551. The summed E-state index contributed by atoms with van der Waals surface area (Å²) in [6, 6.07) is 8.30. The molecule has 2 aromatic rings. The number of aromatic amines is 1. The number of rotatable bonds is 4. The summed E-state index contributed by atoms with van der Waals surface area (Å²) in [4.78, 5) is 33.6. The summed E-state index contributed by atoms with van der Waals surface area (Å²) in [6.45, 7) is 8.44. The van der Waals surface area contributed by atoms with E-state index in [4.69, 9.17) is 4.98 Å². The Morgan fingerprint density at radius 2 is 1.79 bits per heavy atom. The highest BCUT2D eigenvalue weighted by molar-refractivity contribution is 7.99. The minimum atomic E-state index is -0.371. The fraction of sp³-hybridized carbons (Fsp3) is 0.435. The molecule has 1 aromatic heterocycles. The number of hydrogen-bond donors (Lipinski definition) is 2. The van der Waals surface area contributed by atoms with E-state index in [0.717, 1.165) is 29.7 Å². The topological polar surface area (TPSA) is 74.8 Å². The Morgan fingerprint density at radius 3 is 2.45 bits per heavy atom. The first-order valence-electron chi connectivity index (χ1n) is 10.3. The van der Waals surface area contributed by atoms with Crippen LogP contribution in [-0.2, 0) is 4.79 Å². The second kappa shape index (κ2) is 7.82. The maximum Gasteiger partial charge on any atom is 0.257 e. The van der Waals surface area contributed by atoms with Crippen molar-refractivity contribution in [3.8, 4) is 0 Å². The zero-order valence-corrected chi connectivity index (χ0v) is 18.2. The third-order valence-electron chi connectivity index (χ3n) is 5.52. The van der Waals surface area contributed by atoms with Gasteiger partial charge in [-0.3, -0.25) is 9.59 Å². The molecule has 29 heavy (non-hydrogen) atoms. The predicted molar refractivity (Wildman–Crippen MR) is 118 cm³/mol. The first-order valence-corrected chi connectivity index (χ1v) is 11.2. The van der Waals surface area contributed by atoms with Crippen LogP contribution in [0.25, 0.3) is 0 Å². The number of nitrogens with zero attached hydrogens (tertiary/aromatic N) is 1. The minimum Gasteiger partial charge on any atom is -0.343 e. The molecule has 0 spiro atoms. The second-order valence-corrected chi connectivity index (χ2v) is 9.91.